The van der Waals surface area contributed by atoms with Gasteiger partial charge < -0.3 is 20.6 Å². The van der Waals surface area contributed by atoms with Crippen molar-refractivity contribution in [1.82, 2.24) is 15.5 Å². The predicted octanol–water partition coefficient (Wildman–Crippen LogP) is 0.403. The lowest BCUT2D eigenvalue weighted by Gasteiger charge is -2.44. The molecular weight excluding hydrogens is 313 g/mol. The molecule has 1 amide bonds. The Hall–Kier alpha value is -0.0700. The van der Waals surface area contributed by atoms with Crippen LogP contribution in [0.3, 0.4) is 0 Å². The van der Waals surface area contributed by atoms with Gasteiger partial charge >= 0.3 is 0 Å². The quantitative estimate of drug-likeness (QED) is 0.647. The van der Waals surface area contributed by atoms with Gasteiger partial charge in [-0.25, -0.2) is 0 Å². The van der Waals surface area contributed by atoms with E-state index >= 15 is 0 Å². The topological polar surface area (TPSA) is 64.6 Å². The van der Waals surface area contributed by atoms with Gasteiger partial charge in [0.2, 0.25) is 0 Å². The highest BCUT2D eigenvalue weighted by atomic mass is 35.5. The molecule has 3 aliphatic rings. The van der Waals surface area contributed by atoms with Crippen molar-refractivity contribution in [2.75, 3.05) is 39.3 Å². The van der Waals surface area contributed by atoms with Gasteiger partial charge in [0.1, 0.15) is 5.60 Å². The molecule has 124 valence electrons. The van der Waals surface area contributed by atoms with Crippen LogP contribution in [0.15, 0.2) is 0 Å². The molecule has 21 heavy (non-hydrogen) atoms. The summed E-state index contributed by atoms with van der Waals surface area (Å²) in [7, 11) is 0. The molecule has 3 aliphatic heterocycles. The minimum atomic E-state index is -1.11. The minimum absolute atomic E-state index is 0. The molecule has 0 bridgehead atoms. The number of nitrogens with one attached hydrogen (secondary N) is 2. The first kappa shape index (κ1) is 19.0. The first-order chi connectivity index (χ1) is 9.19. The first-order valence-corrected chi connectivity index (χ1v) is 7.62. The zero-order valence-electron chi connectivity index (χ0n) is 12.3. The van der Waals surface area contributed by atoms with Crippen molar-refractivity contribution in [3.05, 3.63) is 0 Å². The van der Waals surface area contributed by atoms with Gasteiger partial charge in [0.15, 0.2) is 0 Å². The van der Waals surface area contributed by atoms with Crippen LogP contribution >= 0.6 is 24.8 Å². The molecular formula is C14H27Cl2N3O2. The van der Waals surface area contributed by atoms with Crippen molar-refractivity contribution in [3.63, 3.8) is 0 Å². The molecule has 0 radical (unpaired) electrons. The van der Waals surface area contributed by atoms with Gasteiger partial charge in [-0.05, 0) is 63.7 Å². The number of hydrogen-bond donors (Lipinski definition) is 3. The summed E-state index contributed by atoms with van der Waals surface area (Å²) in [5, 5.41) is 17.2. The van der Waals surface area contributed by atoms with Crippen LogP contribution in [0, 0.1) is 11.8 Å². The van der Waals surface area contributed by atoms with E-state index in [0.29, 0.717) is 18.8 Å². The van der Waals surface area contributed by atoms with Gasteiger partial charge in [-0.2, -0.15) is 0 Å². The Morgan fingerprint density at radius 3 is 2.48 bits per heavy atom. The van der Waals surface area contributed by atoms with Crippen molar-refractivity contribution in [3.8, 4) is 0 Å². The van der Waals surface area contributed by atoms with E-state index in [1.54, 1.807) is 0 Å². The van der Waals surface area contributed by atoms with Crippen LogP contribution in [0.1, 0.15) is 25.7 Å². The summed E-state index contributed by atoms with van der Waals surface area (Å²) in [6.07, 6.45) is 3.44. The van der Waals surface area contributed by atoms with Gasteiger partial charge in [-0.3, -0.25) is 4.79 Å². The monoisotopic (exact) mass is 339 g/mol. The van der Waals surface area contributed by atoms with Gasteiger partial charge in [0, 0.05) is 13.1 Å². The van der Waals surface area contributed by atoms with E-state index in [9.17, 15) is 9.90 Å². The summed E-state index contributed by atoms with van der Waals surface area (Å²) in [6, 6.07) is 0. The molecule has 5 nitrogen and oxygen atoms in total. The molecule has 3 rings (SSSR count). The van der Waals surface area contributed by atoms with Gasteiger partial charge in [-0.1, -0.05) is 0 Å². The molecule has 0 aromatic rings. The maximum Gasteiger partial charge on any atom is 0.254 e. The SMILES string of the molecule is Cl.Cl.O=C(N1CCC2CCNCC2C1)C1(O)CCNCC1. The molecule has 0 spiro atoms. The number of fused-ring (bicyclic) bond motifs is 1. The van der Waals surface area contributed by atoms with Crippen molar-refractivity contribution < 1.29 is 9.90 Å². The summed E-state index contributed by atoms with van der Waals surface area (Å²) in [4.78, 5) is 14.5. The fourth-order valence-electron chi connectivity index (χ4n) is 3.80. The summed E-state index contributed by atoms with van der Waals surface area (Å²) in [5.74, 6) is 1.32. The third-order valence-corrected chi connectivity index (χ3v) is 5.11. The maximum absolute atomic E-state index is 12.6. The number of hydrogen-bond acceptors (Lipinski definition) is 4. The smallest absolute Gasteiger partial charge is 0.254 e. The Balaban J connectivity index is 0.00000110. The third kappa shape index (κ3) is 4.02. The van der Waals surface area contributed by atoms with Crippen LogP contribution in [-0.2, 0) is 4.79 Å². The zero-order valence-corrected chi connectivity index (χ0v) is 14.0. The molecule has 3 N–H and O–H groups in total. The molecule has 7 heteroatoms. The van der Waals surface area contributed by atoms with Gasteiger partial charge in [0.05, 0.1) is 0 Å². The van der Waals surface area contributed by atoms with E-state index in [0.717, 1.165) is 51.6 Å². The highest BCUT2D eigenvalue weighted by molar-refractivity contribution is 5.86. The lowest BCUT2D eigenvalue weighted by atomic mass is 9.80. The second-order valence-corrected chi connectivity index (χ2v) is 6.33. The number of piperidine rings is 3. The van der Waals surface area contributed by atoms with Crippen LogP contribution in [0.2, 0.25) is 0 Å². The molecule has 3 heterocycles. The minimum Gasteiger partial charge on any atom is -0.380 e. The van der Waals surface area contributed by atoms with Crippen molar-refractivity contribution in [2.45, 2.75) is 31.3 Å². The number of amides is 1. The van der Waals surface area contributed by atoms with E-state index < -0.39 is 5.60 Å². The van der Waals surface area contributed by atoms with E-state index in [1.807, 2.05) is 4.90 Å². The average molecular weight is 340 g/mol. The fourth-order valence-corrected chi connectivity index (χ4v) is 3.80. The largest absolute Gasteiger partial charge is 0.380 e. The highest BCUT2D eigenvalue weighted by Crippen LogP contribution is 2.30. The van der Waals surface area contributed by atoms with Crippen molar-refractivity contribution >= 4 is 30.7 Å². The summed E-state index contributed by atoms with van der Waals surface area (Å²) >= 11 is 0. The van der Waals surface area contributed by atoms with E-state index in [1.165, 1.54) is 6.42 Å². The van der Waals surface area contributed by atoms with Crippen LogP contribution in [0.4, 0.5) is 0 Å². The van der Waals surface area contributed by atoms with Crippen LogP contribution in [-0.4, -0.2) is 60.8 Å². The molecule has 3 fully saturated rings. The van der Waals surface area contributed by atoms with Crippen molar-refractivity contribution in [1.29, 1.82) is 0 Å². The molecule has 0 aromatic carbocycles. The second kappa shape index (κ2) is 7.97. The standard InChI is InChI=1S/C14H25N3O2.2ClH/c18-13(14(19)3-6-15-7-4-14)17-8-2-11-1-5-16-9-12(11)10-17;;/h11-12,15-16,19H,1-10H2;2*1H. The fraction of sp³-hybridized carbons (Fsp3) is 0.929. The van der Waals surface area contributed by atoms with Gasteiger partial charge in [-0.15, -0.1) is 24.8 Å². The maximum atomic E-state index is 12.6. The highest BCUT2D eigenvalue weighted by Gasteiger charge is 2.42. The number of aliphatic hydroxyl groups is 1. The third-order valence-electron chi connectivity index (χ3n) is 5.11. The number of carbonyl (C=O) groups excluding carboxylic acids is 1. The zero-order chi connectivity index (χ0) is 13.3. The predicted molar refractivity (Wildman–Crippen MR) is 87.2 cm³/mol. The Morgan fingerprint density at radius 2 is 1.76 bits per heavy atom. The Bertz CT molecular complexity index is 351. The average Bonchev–Trinajstić information content (AvgIpc) is 2.47. The molecule has 0 saturated carbocycles. The molecule has 2 unspecified atom stereocenters. The Kier molecular flexibility index (Phi) is 7.20. The summed E-state index contributed by atoms with van der Waals surface area (Å²) in [5.41, 5.74) is -1.11. The normalized spacial score (nSPS) is 31.4. The molecule has 2 atom stereocenters. The molecule has 0 aromatic heterocycles. The molecule has 0 aliphatic carbocycles. The second-order valence-electron chi connectivity index (χ2n) is 6.33. The lowest BCUT2D eigenvalue weighted by Crippen LogP contribution is -2.58. The number of rotatable bonds is 1. The van der Waals surface area contributed by atoms with E-state index in [-0.39, 0.29) is 30.7 Å². The number of likely N-dealkylation sites (tertiary alicyclic amines) is 1. The lowest BCUT2D eigenvalue weighted by molar-refractivity contribution is -0.157. The van der Waals surface area contributed by atoms with Crippen LogP contribution in [0.25, 0.3) is 0 Å². The number of halogens is 2. The number of carbonyl (C=O) groups is 1. The first-order valence-electron chi connectivity index (χ1n) is 7.62. The van der Waals surface area contributed by atoms with Crippen LogP contribution < -0.4 is 10.6 Å². The molecule has 3 saturated heterocycles. The van der Waals surface area contributed by atoms with E-state index in [4.69, 9.17) is 0 Å². The van der Waals surface area contributed by atoms with Gasteiger partial charge in [0.25, 0.3) is 5.91 Å². The van der Waals surface area contributed by atoms with E-state index in [2.05, 4.69) is 10.6 Å². The Labute approximate surface area is 139 Å². The Morgan fingerprint density at radius 1 is 1.05 bits per heavy atom. The summed E-state index contributed by atoms with van der Waals surface area (Å²) < 4.78 is 0. The van der Waals surface area contributed by atoms with Crippen LogP contribution in [0.5, 0.6) is 0 Å². The number of nitrogens with zero attached hydrogens (tertiary/aromatic N) is 1. The van der Waals surface area contributed by atoms with Crippen molar-refractivity contribution in [2.24, 2.45) is 11.8 Å². The summed E-state index contributed by atoms with van der Waals surface area (Å²) in [6.45, 7) is 5.27.